The highest BCUT2D eigenvalue weighted by Gasteiger charge is 2.28. The third kappa shape index (κ3) is 12.8. The molecule has 18 heteroatoms. The highest BCUT2D eigenvalue weighted by Crippen LogP contribution is 2.39. The lowest BCUT2D eigenvalue weighted by Gasteiger charge is -2.36. The first-order valence-corrected chi connectivity index (χ1v) is 26.7. The number of sulfone groups is 1. The van der Waals surface area contributed by atoms with Crippen molar-refractivity contribution >= 4 is 67.8 Å². The summed E-state index contributed by atoms with van der Waals surface area (Å²) in [5.74, 6) is 3.22. The summed E-state index contributed by atoms with van der Waals surface area (Å²) >= 11 is 6.53. The van der Waals surface area contributed by atoms with Crippen molar-refractivity contribution in [1.82, 2.24) is 29.7 Å². The van der Waals surface area contributed by atoms with E-state index in [1.54, 1.807) is 56.6 Å². The second-order valence-corrected chi connectivity index (χ2v) is 22.1. The average Bonchev–Trinajstić information content (AvgIpc) is 3.35. The van der Waals surface area contributed by atoms with Gasteiger partial charge >= 0.3 is 0 Å². The molecule has 3 fully saturated rings. The zero-order valence-corrected chi connectivity index (χ0v) is 42.6. The molecule has 3 saturated heterocycles. The summed E-state index contributed by atoms with van der Waals surface area (Å²) in [7, 11) is -3.58. The number of carbonyl (C=O) groups is 1. The monoisotopic (exact) mass is 995 g/mol. The van der Waals surface area contributed by atoms with E-state index in [-0.39, 0.29) is 51.5 Å². The molecule has 70 heavy (non-hydrogen) atoms. The molecule has 8 rings (SSSR count). The number of piperidine rings is 2. The Hall–Kier alpha value is -5.78. The molecule has 5 aromatic rings. The molecule has 0 saturated carbocycles. The van der Waals surface area contributed by atoms with Gasteiger partial charge in [-0.25, -0.2) is 27.8 Å². The van der Waals surface area contributed by atoms with Crippen LogP contribution in [0.1, 0.15) is 89.7 Å². The number of nitrogens with one attached hydrogen (secondary N) is 3. The summed E-state index contributed by atoms with van der Waals surface area (Å²) in [5.41, 5.74) is 4.27. The number of piperazine rings is 1. The fourth-order valence-corrected chi connectivity index (χ4v) is 11.0. The molecule has 15 nitrogen and oxygen atoms in total. The molecule has 1 amide bonds. The highest BCUT2D eigenvalue weighted by atomic mass is 35.5. The van der Waals surface area contributed by atoms with E-state index in [0.29, 0.717) is 23.5 Å². The van der Waals surface area contributed by atoms with Crippen LogP contribution < -0.4 is 30.5 Å². The average molecular weight is 997 g/mol. The molecule has 374 valence electrons. The summed E-state index contributed by atoms with van der Waals surface area (Å²) in [6.45, 7) is 17.1. The smallest absolute Gasteiger partial charge is 0.229 e. The van der Waals surface area contributed by atoms with Gasteiger partial charge in [0.2, 0.25) is 11.9 Å². The van der Waals surface area contributed by atoms with Crippen molar-refractivity contribution in [2.24, 2.45) is 0 Å². The largest absolute Gasteiger partial charge is 0.489 e. The molecule has 0 unspecified atom stereocenters. The minimum Gasteiger partial charge on any atom is -0.489 e. The van der Waals surface area contributed by atoms with Gasteiger partial charge in [-0.3, -0.25) is 9.69 Å². The van der Waals surface area contributed by atoms with Crippen LogP contribution in [-0.4, -0.2) is 120 Å². The minimum absolute atomic E-state index is 0.0973. The zero-order chi connectivity index (χ0) is 49.4. The van der Waals surface area contributed by atoms with E-state index >= 15 is 0 Å². The zero-order valence-electron chi connectivity index (χ0n) is 41.0. The van der Waals surface area contributed by atoms with Crippen LogP contribution in [0.4, 0.5) is 44.9 Å². The molecule has 3 aliphatic rings. The van der Waals surface area contributed by atoms with Crippen LogP contribution in [0.2, 0.25) is 5.02 Å². The highest BCUT2D eigenvalue weighted by molar-refractivity contribution is 7.92. The molecule has 0 spiro atoms. The van der Waals surface area contributed by atoms with Crippen molar-refractivity contribution < 1.29 is 22.3 Å². The number of aromatic nitrogens is 4. The first kappa shape index (κ1) is 50.6. The number of anilines is 7. The maximum Gasteiger partial charge on any atom is 0.229 e. The molecular formula is C52H67ClFN11O4S. The van der Waals surface area contributed by atoms with Gasteiger partial charge in [0.15, 0.2) is 15.7 Å². The van der Waals surface area contributed by atoms with Crippen molar-refractivity contribution in [1.29, 1.82) is 0 Å². The number of ether oxygens (including phenoxy) is 1. The number of hydrogen-bond donors (Lipinski definition) is 3. The van der Waals surface area contributed by atoms with E-state index in [4.69, 9.17) is 16.3 Å². The number of amides is 1. The number of rotatable bonds is 18. The van der Waals surface area contributed by atoms with Crippen LogP contribution in [0, 0.1) is 12.7 Å². The van der Waals surface area contributed by atoms with E-state index in [1.165, 1.54) is 17.8 Å². The fraction of sp³-hybridized carbons (Fsp3) is 0.481. The molecule has 0 bridgehead atoms. The van der Waals surface area contributed by atoms with Gasteiger partial charge in [0, 0.05) is 76.6 Å². The number of para-hydroxylation sites is 1. The van der Waals surface area contributed by atoms with E-state index in [1.807, 2.05) is 36.9 Å². The Balaban J connectivity index is 0.783. The fourth-order valence-electron chi connectivity index (χ4n) is 9.65. The van der Waals surface area contributed by atoms with Crippen molar-refractivity contribution in [2.75, 3.05) is 84.7 Å². The maximum absolute atomic E-state index is 13.9. The summed E-state index contributed by atoms with van der Waals surface area (Å²) in [6.07, 6.45) is 9.20. The van der Waals surface area contributed by atoms with Crippen molar-refractivity contribution in [3.05, 3.63) is 101 Å². The summed E-state index contributed by atoms with van der Waals surface area (Å²) in [4.78, 5) is 40.9. The molecular weight excluding hydrogens is 929 g/mol. The van der Waals surface area contributed by atoms with Crippen LogP contribution >= 0.6 is 11.6 Å². The predicted molar refractivity (Wildman–Crippen MR) is 278 cm³/mol. The van der Waals surface area contributed by atoms with Crippen molar-refractivity contribution in [3.8, 4) is 5.75 Å². The lowest BCUT2D eigenvalue weighted by molar-refractivity contribution is -0.132. The summed E-state index contributed by atoms with van der Waals surface area (Å²) in [6, 6.07) is 19.9. The van der Waals surface area contributed by atoms with E-state index in [9.17, 15) is 17.6 Å². The van der Waals surface area contributed by atoms with E-state index < -0.39 is 15.1 Å². The minimum atomic E-state index is -3.58. The Labute approximate surface area is 417 Å². The van der Waals surface area contributed by atoms with Gasteiger partial charge in [-0.2, -0.15) is 4.98 Å². The molecule has 3 aromatic carbocycles. The number of likely N-dealkylation sites (tertiary alicyclic amines) is 1. The lowest BCUT2D eigenvalue weighted by atomic mass is 9.86. The van der Waals surface area contributed by atoms with Gasteiger partial charge in [0.25, 0.3) is 0 Å². The van der Waals surface area contributed by atoms with Crippen molar-refractivity contribution in [2.45, 2.75) is 108 Å². The standard InChI is InChI=1S/C52H67ClFN11O4S/c1-35(2)69-46-30-42(37(5)28-45(46)60-52-55-32-43(53)51(61-52)59-44-15-6-7-16-47(44)70(67,68)36(3)4)38-18-22-64(23-19-38)50(66)17-8-9-20-62-24-26-63(27-25-62)49-31-48(56-34-57-49)58-40-13-11-21-65(33-40)41-14-10-12-39(54)29-41/h6-7,10,12,14-16,28-32,34-36,38,40H,8-9,11,13,17-27,33H2,1-5H3,(H,56,57,58)(H2,55,59,60,61)/t40-/m1/s1. The second-order valence-electron chi connectivity index (χ2n) is 19.2. The third-order valence-corrected chi connectivity index (χ3v) is 16.0. The number of unbranched alkanes of at least 4 members (excludes halogenated alkanes) is 1. The number of carbonyl (C=O) groups excluding carboxylic acids is 1. The Kier molecular flexibility index (Phi) is 16.6. The molecule has 1 atom stereocenters. The van der Waals surface area contributed by atoms with Gasteiger partial charge in [0.05, 0.1) is 33.8 Å². The predicted octanol–water partition coefficient (Wildman–Crippen LogP) is 9.60. The quantitative estimate of drug-likeness (QED) is 0.0712. The topological polar surface area (TPSA) is 161 Å². The van der Waals surface area contributed by atoms with Crippen LogP contribution in [0.15, 0.2) is 84.1 Å². The van der Waals surface area contributed by atoms with Gasteiger partial charge < -0.3 is 35.4 Å². The van der Waals surface area contributed by atoms with E-state index in [2.05, 4.69) is 63.6 Å². The van der Waals surface area contributed by atoms with Gasteiger partial charge in [-0.05, 0) is 139 Å². The normalized spacial score (nSPS) is 17.3. The SMILES string of the molecule is Cc1cc(Nc2ncc(Cl)c(Nc3ccccc3S(=O)(=O)C(C)C)n2)c(OC(C)C)cc1C1CCN(C(=O)CCCCN2CCN(c3cc(N[C@@H]4CCCN(c5cccc(F)c5)C4)ncn3)CC2)CC1. The maximum atomic E-state index is 13.9. The molecule has 2 aromatic heterocycles. The first-order chi connectivity index (χ1) is 33.7. The summed E-state index contributed by atoms with van der Waals surface area (Å²) < 4.78 is 46.5. The number of hydrogen-bond acceptors (Lipinski definition) is 14. The molecule has 0 aliphatic carbocycles. The number of benzene rings is 3. The molecule has 0 radical (unpaired) electrons. The Bertz CT molecular complexity index is 2700. The first-order valence-electron chi connectivity index (χ1n) is 24.7. The third-order valence-electron chi connectivity index (χ3n) is 13.5. The van der Waals surface area contributed by atoms with Crippen LogP contribution in [-0.2, 0) is 14.6 Å². The Morgan fingerprint density at radius 3 is 2.40 bits per heavy atom. The summed E-state index contributed by atoms with van der Waals surface area (Å²) in [5, 5.41) is 9.68. The molecule has 3 aliphatic heterocycles. The van der Waals surface area contributed by atoms with Crippen LogP contribution in [0.25, 0.3) is 0 Å². The van der Waals surface area contributed by atoms with Gasteiger partial charge in [-0.15, -0.1) is 0 Å². The van der Waals surface area contributed by atoms with Gasteiger partial charge in [0.1, 0.15) is 34.6 Å². The van der Waals surface area contributed by atoms with E-state index in [0.717, 1.165) is 120 Å². The molecule has 5 heterocycles. The van der Waals surface area contributed by atoms with Crippen LogP contribution in [0.5, 0.6) is 5.75 Å². The molecule has 3 N–H and O–H groups in total. The number of aryl methyl sites for hydroxylation is 1. The number of nitrogens with zero attached hydrogens (tertiary/aromatic N) is 8. The Morgan fingerprint density at radius 2 is 1.64 bits per heavy atom. The van der Waals surface area contributed by atoms with Gasteiger partial charge in [-0.1, -0.05) is 29.8 Å². The number of halogens is 2. The lowest BCUT2D eigenvalue weighted by Crippen LogP contribution is -2.47. The Morgan fingerprint density at radius 1 is 0.857 bits per heavy atom. The van der Waals surface area contributed by atoms with Crippen LogP contribution in [0.3, 0.4) is 0 Å². The van der Waals surface area contributed by atoms with Crippen molar-refractivity contribution in [3.63, 3.8) is 0 Å². The second kappa shape index (κ2) is 23.0.